The summed E-state index contributed by atoms with van der Waals surface area (Å²) in [5.41, 5.74) is 0. The number of rotatable bonds is 4. The van der Waals surface area contributed by atoms with Crippen molar-refractivity contribution in [1.29, 1.82) is 0 Å². The van der Waals surface area contributed by atoms with Gasteiger partial charge in [0.25, 0.3) is 0 Å². The molecule has 88 valence electrons. The average molecular weight is 238 g/mol. The minimum atomic E-state index is -0.471. The molecule has 1 aliphatic rings. The third-order valence-corrected chi connectivity index (χ3v) is 3.02. The molecule has 3 nitrogen and oxygen atoms in total. The molecular formula is C10H17ClFNO2. The quantitative estimate of drug-likeness (QED) is 0.746. The first-order chi connectivity index (χ1) is 7.19. The van der Waals surface area contributed by atoms with E-state index in [9.17, 15) is 14.3 Å². The van der Waals surface area contributed by atoms with Crippen LogP contribution in [0.1, 0.15) is 19.3 Å². The smallest absolute Gasteiger partial charge is 0.223 e. The van der Waals surface area contributed by atoms with Crippen LogP contribution in [-0.2, 0) is 4.79 Å². The van der Waals surface area contributed by atoms with Gasteiger partial charge < -0.3 is 10.0 Å². The first-order valence-corrected chi connectivity index (χ1v) is 5.80. The van der Waals surface area contributed by atoms with Gasteiger partial charge >= 0.3 is 0 Å². The predicted octanol–water partition coefficient (Wildman–Crippen LogP) is 1.18. The lowest BCUT2D eigenvalue weighted by Crippen LogP contribution is -2.46. The lowest BCUT2D eigenvalue weighted by Gasteiger charge is -2.35. The highest BCUT2D eigenvalue weighted by Crippen LogP contribution is 2.21. The number of hydrogen-bond donors (Lipinski definition) is 1. The average Bonchev–Trinajstić information content (AvgIpc) is 2.22. The maximum absolute atomic E-state index is 12.2. The molecule has 0 spiro atoms. The summed E-state index contributed by atoms with van der Waals surface area (Å²) in [6, 6.07) is 0. The number of hydrogen-bond acceptors (Lipinski definition) is 2. The molecule has 0 aromatic rings. The standard InChI is InChI=1S/C10H17ClFNO2/c11-4-1-10(15)13-6-3-9(14)8(7-13)2-5-12/h8-9,14H,1-7H2/t8-,9-/m1/s1. The molecule has 5 heteroatoms. The van der Waals surface area contributed by atoms with Crippen molar-refractivity contribution >= 4 is 17.5 Å². The molecule has 15 heavy (non-hydrogen) atoms. The molecule has 2 atom stereocenters. The van der Waals surface area contributed by atoms with Gasteiger partial charge in [-0.1, -0.05) is 0 Å². The number of carbonyl (C=O) groups excluding carboxylic acids is 1. The summed E-state index contributed by atoms with van der Waals surface area (Å²) in [5.74, 6) is 0.190. The van der Waals surface area contributed by atoms with Crippen molar-refractivity contribution < 1.29 is 14.3 Å². The SMILES string of the molecule is O=C(CCCl)N1CC[C@@H](O)[C@H](CCF)C1. The molecule has 1 rings (SSSR count). The second-order valence-corrected chi connectivity index (χ2v) is 4.25. The predicted molar refractivity (Wildman–Crippen MR) is 56.6 cm³/mol. The van der Waals surface area contributed by atoms with E-state index in [2.05, 4.69) is 0 Å². The van der Waals surface area contributed by atoms with Gasteiger partial charge in [-0.3, -0.25) is 9.18 Å². The van der Waals surface area contributed by atoms with E-state index in [0.717, 1.165) is 0 Å². The maximum Gasteiger partial charge on any atom is 0.223 e. The van der Waals surface area contributed by atoms with Crippen molar-refractivity contribution in [3.63, 3.8) is 0 Å². The summed E-state index contributed by atoms with van der Waals surface area (Å²) < 4.78 is 12.2. The van der Waals surface area contributed by atoms with Crippen molar-refractivity contribution in [2.24, 2.45) is 5.92 Å². The van der Waals surface area contributed by atoms with E-state index in [1.165, 1.54) is 0 Å². The second kappa shape index (κ2) is 6.28. The molecular weight excluding hydrogens is 221 g/mol. The second-order valence-electron chi connectivity index (χ2n) is 3.87. The highest BCUT2D eigenvalue weighted by Gasteiger charge is 2.29. The number of likely N-dealkylation sites (tertiary alicyclic amines) is 1. The number of halogens is 2. The van der Waals surface area contributed by atoms with Gasteiger partial charge in [0, 0.05) is 31.3 Å². The highest BCUT2D eigenvalue weighted by atomic mass is 35.5. The maximum atomic E-state index is 12.2. The number of piperidine rings is 1. The summed E-state index contributed by atoms with van der Waals surface area (Å²) in [4.78, 5) is 13.2. The van der Waals surface area contributed by atoms with Crippen LogP contribution < -0.4 is 0 Å². The molecule has 0 saturated carbocycles. The largest absolute Gasteiger partial charge is 0.393 e. The Hall–Kier alpha value is -0.350. The van der Waals surface area contributed by atoms with Crippen molar-refractivity contribution in [3.05, 3.63) is 0 Å². The lowest BCUT2D eigenvalue weighted by atomic mass is 9.92. The summed E-state index contributed by atoms with van der Waals surface area (Å²) in [6.07, 6.45) is 0.714. The highest BCUT2D eigenvalue weighted by molar-refractivity contribution is 6.18. The third kappa shape index (κ3) is 3.61. The van der Waals surface area contributed by atoms with Crippen molar-refractivity contribution in [2.75, 3.05) is 25.6 Å². The number of aliphatic hydroxyl groups excluding tert-OH is 1. The van der Waals surface area contributed by atoms with Crippen molar-refractivity contribution in [1.82, 2.24) is 4.90 Å². The van der Waals surface area contributed by atoms with E-state index < -0.39 is 12.8 Å². The normalized spacial score (nSPS) is 26.7. The zero-order chi connectivity index (χ0) is 11.3. The van der Waals surface area contributed by atoms with Crippen LogP contribution in [0, 0.1) is 5.92 Å². The van der Waals surface area contributed by atoms with E-state index in [1.54, 1.807) is 4.90 Å². The molecule has 0 unspecified atom stereocenters. The van der Waals surface area contributed by atoms with E-state index >= 15 is 0 Å². The molecule has 0 aromatic carbocycles. The number of alkyl halides is 2. The van der Waals surface area contributed by atoms with E-state index in [4.69, 9.17) is 11.6 Å². The topological polar surface area (TPSA) is 40.5 Å². The fourth-order valence-electron chi connectivity index (χ4n) is 1.91. The van der Waals surface area contributed by atoms with Crippen LogP contribution in [0.3, 0.4) is 0 Å². The Labute approximate surface area is 94.2 Å². The zero-order valence-electron chi connectivity index (χ0n) is 8.66. The summed E-state index contributed by atoms with van der Waals surface area (Å²) in [6.45, 7) is 0.569. The van der Waals surface area contributed by atoms with Crippen LogP contribution in [0.25, 0.3) is 0 Å². The molecule has 0 bridgehead atoms. The monoisotopic (exact) mass is 237 g/mol. The minimum absolute atomic E-state index is 0.000702. The minimum Gasteiger partial charge on any atom is -0.393 e. The summed E-state index contributed by atoms with van der Waals surface area (Å²) in [7, 11) is 0. The summed E-state index contributed by atoms with van der Waals surface area (Å²) in [5, 5.41) is 9.60. The fourth-order valence-corrected chi connectivity index (χ4v) is 2.07. The first kappa shape index (κ1) is 12.7. The van der Waals surface area contributed by atoms with E-state index in [0.29, 0.717) is 38.2 Å². The van der Waals surface area contributed by atoms with Crippen LogP contribution in [0.15, 0.2) is 0 Å². The Morgan fingerprint density at radius 2 is 2.33 bits per heavy atom. The Kier molecular flexibility index (Phi) is 5.32. The van der Waals surface area contributed by atoms with Gasteiger partial charge in [-0.2, -0.15) is 0 Å². The molecule has 1 amide bonds. The fraction of sp³-hybridized carbons (Fsp3) is 0.900. The molecule has 1 aliphatic heterocycles. The van der Waals surface area contributed by atoms with Crippen molar-refractivity contribution in [2.45, 2.75) is 25.4 Å². The van der Waals surface area contributed by atoms with Crippen LogP contribution in [0.4, 0.5) is 4.39 Å². The molecule has 1 saturated heterocycles. The van der Waals surface area contributed by atoms with Gasteiger partial charge in [0.1, 0.15) is 0 Å². The van der Waals surface area contributed by atoms with E-state index in [-0.39, 0.29) is 11.8 Å². The van der Waals surface area contributed by atoms with Gasteiger partial charge in [-0.15, -0.1) is 11.6 Å². The molecule has 0 aliphatic carbocycles. The van der Waals surface area contributed by atoms with Crippen LogP contribution >= 0.6 is 11.6 Å². The molecule has 1 N–H and O–H groups in total. The number of aliphatic hydroxyl groups is 1. The molecule has 0 aromatic heterocycles. The Balaban J connectivity index is 2.45. The Morgan fingerprint density at radius 1 is 1.60 bits per heavy atom. The molecule has 1 fully saturated rings. The summed E-state index contributed by atoms with van der Waals surface area (Å²) >= 11 is 5.48. The van der Waals surface area contributed by atoms with Crippen LogP contribution in [0.5, 0.6) is 0 Å². The Morgan fingerprint density at radius 3 is 2.93 bits per heavy atom. The van der Waals surface area contributed by atoms with Gasteiger partial charge in [-0.25, -0.2) is 0 Å². The third-order valence-electron chi connectivity index (χ3n) is 2.83. The lowest BCUT2D eigenvalue weighted by molar-refractivity contribution is -0.134. The number of nitrogens with zero attached hydrogens (tertiary/aromatic N) is 1. The van der Waals surface area contributed by atoms with Crippen LogP contribution in [-0.4, -0.2) is 47.7 Å². The zero-order valence-corrected chi connectivity index (χ0v) is 9.42. The number of amides is 1. The van der Waals surface area contributed by atoms with E-state index in [1.807, 2.05) is 0 Å². The van der Waals surface area contributed by atoms with Gasteiger partial charge in [0.15, 0.2) is 0 Å². The molecule has 0 radical (unpaired) electrons. The first-order valence-electron chi connectivity index (χ1n) is 5.26. The van der Waals surface area contributed by atoms with Gasteiger partial charge in [-0.05, 0) is 12.8 Å². The van der Waals surface area contributed by atoms with Crippen molar-refractivity contribution in [3.8, 4) is 0 Å². The Bertz CT molecular complexity index is 216. The number of carbonyl (C=O) groups is 1. The van der Waals surface area contributed by atoms with Gasteiger partial charge in [0.2, 0.25) is 5.91 Å². The van der Waals surface area contributed by atoms with Gasteiger partial charge in [0.05, 0.1) is 12.8 Å². The molecule has 1 heterocycles. The van der Waals surface area contributed by atoms with Crippen LogP contribution in [0.2, 0.25) is 0 Å².